The average Bonchev–Trinajstić information content (AvgIpc) is 3.10. The van der Waals surface area contributed by atoms with Gasteiger partial charge in [-0.1, -0.05) is 30.3 Å². The van der Waals surface area contributed by atoms with Gasteiger partial charge in [0.2, 0.25) is 0 Å². The van der Waals surface area contributed by atoms with Gasteiger partial charge in [0.15, 0.2) is 11.6 Å². The minimum atomic E-state index is -1.06. The van der Waals surface area contributed by atoms with Gasteiger partial charge in [0.25, 0.3) is 5.91 Å². The van der Waals surface area contributed by atoms with Gasteiger partial charge in [-0.2, -0.15) is 15.0 Å². The summed E-state index contributed by atoms with van der Waals surface area (Å²) >= 11 is 0. The van der Waals surface area contributed by atoms with Crippen molar-refractivity contribution in [3.63, 3.8) is 0 Å². The summed E-state index contributed by atoms with van der Waals surface area (Å²) < 4.78 is 26.3. The van der Waals surface area contributed by atoms with Crippen LogP contribution in [0, 0.1) is 11.6 Å². The van der Waals surface area contributed by atoms with Crippen molar-refractivity contribution in [2.45, 2.75) is 12.6 Å². The van der Waals surface area contributed by atoms with E-state index in [0.717, 1.165) is 17.7 Å². The van der Waals surface area contributed by atoms with Gasteiger partial charge in [-0.05, 0) is 23.8 Å². The Balaban J connectivity index is 1.83. The van der Waals surface area contributed by atoms with Crippen molar-refractivity contribution in [1.82, 2.24) is 20.3 Å². The van der Waals surface area contributed by atoms with Crippen LogP contribution in [0.5, 0.6) is 0 Å². The van der Waals surface area contributed by atoms with Crippen molar-refractivity contribution in [3.8, 4) is 0 Å². The van der Waals surface area contributed by atoms with E-state index in [1.807, 2.05) is 30.3 Å². The molecule has 1 atom stereocenters. The second-order valence-electron chi connectivity index (χ2n) is 5.15. The number of amides is 1. The molecule has 1 amide bonds. The molecule has 3 aromatic rings. The van der Waals surface area contributed by atoms with Crippen LogP contribution in [-0.4, -0.2) is 20.9 Å². The summed E-state index contributed by atoms with van der Waals surface area (Å²) in [4.78, 5) is 13.8. The monoisotopic (exact) mass is 328 g/mol. The zero-order valence-electron chi connectivity index (χ0n) is 12.6. The van der Waals surface area contributed by atoms with Crippen LogP contribution in [0.25, 0.3) is 0 Å². The first-order valence-electron chi connectivity index (χ1n) is 7.28. The van der Waals surface area contributed by atoms with Crippen LogP contribution in [0.4, 0.5) is 8.78 Å². The molecule has 0 radical (unpaired) electrons. The minimum absolute atomic E-state index is 0.0447. The highest BCUT2D eigenvalue weighted by Crippen LogP contribution is 2.16. The predicted molar refractivity (Wildman–Crippen MR) is 83.0 cm³/mol. The standard InChI is InChI=1S/C17H14F2N4O/c18-14-7-6-13(10-15(14)19)17(24)22-16(11-23-20-8-9-21-23)12-4-2-1-3-5-12/h1-10,16H,11H2,(H,22,24). The molecule has 7 heteroatoms. The van der Waals surface area contributed by atoms with Crippen molar-refractivity contribution >= 4 is 5.91 Å². The van der Waals surface area contributed by atoms with Crippen molar-refractivity contribution < 1.29 is 13.6 Å². The maximum Gasteiger partial charge on any atom is 0.251 e. The Hall–Kier alpha value is -3.09. The Morgan fingerprint density at radius 3 is 2.42 bits per heavy atom. The largest absolute Gasteiger partial charge is 0.343 e. The first-order chi connectivity index (χ1) is 11.6. The number of nitrogens with zero attached hydrogens (tertiary/aromatic N) is 3. The molecule has 0 saturated heterocycles. The molecule has 0 spiro atoms. The fourth-order valence-corrected chi connectivity index (χ4v) is 2.30. The topological polar surface area (TPSA) is 59.8 Å². The Kier molecular flexibility index (Phi) is 4.60. The number of hydrogen-bond donors (Lipinski definition) is 1. The van der Waals surface area contributed by atoms with Gasteiger partial charge in [0.1, 0.15) is 0 Å². The number of benzene rings is 2. The van der Waals surface area contributed by atoms with Crippen LogP contribution in [0.2, 0.25) is 0 Å². The maximum absolute atomic E-state index is 13.3. The second-order valence-corrected chi connectivity index (χ2v) is 5.15. The van der Waals surface area contributed by atoms with Crippen molar-refractivity contribution in [3.05, 3.63) is 83.7 Å². The van der Waals surface area contributed by atoms with Gasteiger partial charge in [0, 0.05) is 5.56 Å². The first kappa shape index (κ1) is 15.8. The van der Waals surface area contributed by atoms with Crippen LogP contribution < -0.4 is 5.32 Å². The molecule has 122 valence electrons. The Morgan fingerprint density at radius 2 is 1.75 bits per heavy atom. The van der Waals surface area contributed by atoms with E-state index < -0.39 is 23.6 Å². The second kappa shape index (κ2) is 6.99. The molecule has 1 aromatic heterocycles. The molecule has 5 nitrogen and oxygen atoms in total. The number of aromatic nitrogens is 3. The molecule has 24 heavy (non-hydrogen) atoms. The molecule has 2 aromatic carbocycles. The fraction of sp³-hybridized carbons (Fsp3) is 0.118. The molecule has 0 saturated carbocycles. The number of nitrogens with one attached hydrogen (secondary N) is 1. The Morgan fingerprint density at radius 1 is 1.04 bits per heavy atom. The lowest BCUT2D eigenvalue weighted by molar-refractivity contribution is 0.0930. The lowest BCUT2D eigenvalue weighted by Gasteiger charge is -2.19. The van der Waals surface area contributed by atoms with Gasteiger partial charge in [-0.3, -0.25) is 4.79 Å². The zero-order valence-corrected chi connectivity index (χ0v) is 12.6. The summed E-state index contributed by atoms with van der Waals surface area (Å²) in [5.74, 6) is -2.56. The summed E-state index contributed by atoms with van der Waals surface area (Å²) in [6.07, 6.45) is 3.08. The van der Waals surface area contributed by atoms with Gasteiger partial charge < -0.3 is 5.32 Å². The van der Waals surface area contributed by atoms with Crippen LogP contribution in [-0.2, 0) is 6.54 Å². The molecular weight excluding hydrogens is 314 g/mol. The molecule has 1 N–H and O–H groups in total. The third kappa shape index (κ3) is 3.62. The zero-order chi connectivity index (χ0) is 16.9. The van der Waals surface area contributed by atoms with Crippen LogP contribution >= 0.6 is 0 Å². The smallest absolute Gasteiger partial charge is 0.251 e. The molecule has 0 fully saturated rings. The highest BCUT2D eigenvalue weighted by Gasteiger charge is 2.18. The predicted octanol–water partition coefficient (Wildman–Crippen LogP) is 2.73. The van der Waals surface area contributed by atoms with Crippen LogP contribution in [0.3, 0.4) is 0 Å². The molecule has 0 bridgehead atoms. The molecule has 0 aliphatic rings. The third-order valence-corrected chi connectivity index (χ3v) is 3.50. The number of carbonyl (C=O) groups is 1. The lowest BCUT2D eigenvalue weighted by atomic mass is 10.1. The summed E-state index contributed by atoms with van der Waals surface area (Å²) in [5, 5.41) is 10.9. The summed E-state index contributed by atoms with van der Waals surface area (Å²) in [7, 11) is 0. The maximum atomic E-state index is 13.3. The quantitative estimate of drug-likeness (QED) is 0.783. The van der Waals surface area contributed by atoms with E-state index in [2.05, 4.69) is 15.5 Å². The van der Waals surface area contributed by atoms with E-state index in [1.54, 1.807) is 12.4 Å². The average molecular weight is 328 g/mol. The van der Waals surface area contributed by atoms with Gasteiger partial charge in [-0.25, -0.2) is 8.78 Å². The van der Waals surface area contributed by atoms with Gasteiger partial charge in [-0.15, -0.1) is 0 Å². The van der Waals surface area contributed by atoms with Crippen molar-refractivity contribution in [1.29, 1.82) is 0 Å². The number of hydrogen-bond acceptors (Lipinski definition) is 3. The van der Waals surface area contributed by atoms with Gasteiger partial charge >= 0.3 is 0 Å². The van der Waals surface area contributed by atoms with Gasteiger partial charge in [0.05, 0.1) is 25.0 Å². The summed E-state index contributed by atoms with van der Waals surface area (Å²) in [6.45, 7) is 0.312. The van der Waals surface area contributed by atoms with Crippen LogP contribution in [0.1, 0.15) is 22.0 Å². The van der Waals surface area contributed by atoms with E-state index in [0.29, 0.717) is 6.54 Å². The minimum Gasteiger partial charge on any atom is -0.343 e. The lowest BCUT2D eigenvalue weighted by Crippen LogP contribution is -2.32. The molecular formula is C17H14F2N4O. The molecule has 3 rings (SSSR count). The number of halogens is 2. The SMILES string of the molecule is O=C(NC(Cn1nccn1)c1ccccc1)c1ccc(F)c(F)c1. The summed E-state index contributed by atoms with van der Waals surface area (Å²) in [6, 6.07) is 11.9. The van der Waals surface area contributed by atoms with E-state index in [9.17, 15) is 13.6 Å². The Labute approximate surface area is 136 Å². The normalized spacial score (nSPS) is 11.9. The van der Waals surface area contributed by atoms with E-state index in [1.165, 1.54) is 10.9 Å². The molecule has 0 aliphatic carbocycles. The third-order valence-electron chi connectivity index (χ3n) is 3.50. The highest BCUT2D eigenvalue weighted by atomic mass is 19.2. The van der Waals surface area contributed by atoms with Crippen molar-refractivity contribution in [2.75, 3.05) is 0 Å². The molecule has 1 unspecified atom stereocenters. The molecule has 0 aliphatic heterocycles. The fourth-order valence-electron chi connectivity index (χ4n) is 2.30. The van der Waals surface area contributed by atoms with Crippen LogP contribution in [0.15, 0.2) is 60.9 Å². The van der Waals surface area contributed by atoms with E-state index in [-0.39, 0.29) is 5.56 Å². The summed E-state index contributed by atoms with van der Waals surface area (Å²) in [5.41, 5.74) is 0.897. The highest BCUT2D eigenvalue weighted by molar-refractivity contribution is 5.94. The number of rotatable bonds is 5. The van der Waals surface area contributed by atoms with Crippen molar-refractivity contribution in [2.24, 2.45) is 0 Å². The first-order valence-corrected chi connectivity index (χ1v) is 7.28. The Bertz CT molecular complexity index is 822. The van der Waals surface area contributed by atoms with E-state index >= 15 is 0 Å². The van der Waals surface area contributed by atoms with E-state index in [4.69, 9.17) is 0 Å². The molecule has 1 heterocycles. The number of carbonyl (C=O) groups excluding carboxylic acids is 1.